The lowest BCUT2D eigenvalue weighted by Gasteiger charge is -2.14. The van der Waals surface area contributed by atoms with Crippen LogP contribution in [-0.2, 0) is 6.42 Å². The average molecular weight is 317 g/mol. The molecule has 2 rings (SSSR count). The lowest BCUT2D eigenvalue weighted by atomic mass is 10.1. The maximum absolute atomic E-state index is 5.90. The predicted molar refractivity (Wildman–Crippen MR) is 95.2 cm³/mol. The van der Waals surface area contributed by atoms with Crippen molar-refractivity contribution in [2.24, 2.45) is 5.73 Å². The van der Waals surface area contributed by atoms with Crippen molar-refractivity contribution in [2.75, 3.05) is 17.6 Å². The van der Waals surface area contributed by atoms with Crippen LogP contribution in [0.15, 0.2) is 47.6 Å². The van der Waals surface area contributed by atoms with Crippen LogP contribution in [0.3, 0.4) is 0 Å². The summed E-state index contributed by atoms with van der Waals surface area (Å²) in [6.07, 6.45) is 4.59. The molecule has 1 heterocycles. The van der Waals surface area contributed by atoms with Gasteiger partial charge >= 0.3 is 0 Å². The minimum absolute atomic E-state index is 0.440. The average Bonchev–Trinajstić information content (AvgIpc) is 2.48. The number of thiocarbonyl (C=S) groups is 1. The molecule has 0 amide bonds. The molecule has 2 aromatic rings. The maximum atomic E-state index is 5.90. The number of nitrogens with one attached hydrogen (secondary N) is 1. The summed E-state index contributed by atoms with van der Waals surface area (Å²) in [5, 5.41) is 3.43. The molecule has 0 aliphatic carbocycles. The quantitative estimate of drug-likeness (QED) is 0.605. The molecule has 0 bridgehead atoms. The van der Waals surface area contributed by atoms with E-state index < -0.39 is 0 Å². The molecule has 21 heavy (non-hydrogen) atoms. The van der Waals surface area contributed by atoms with Gasteiger partial charge in [0.2, 0.25) is 0 Å². The van der Waals surface area contributed by atoms with Gasteiger partial charge in [0.25, 0.3) is 0 Å². The van der Waals surface area contributed by atoms with Crippen LogP contribution < -0.4 is 11.1 Å². The van der Waals surface area contributed by atoms with Crippen molar-refractivity contribution >= 4 is 34.7 Å². The number of thioether (sulfide) groups is 1. The lowest BCUT2D eigenvalue weighted by molar-refractivity contribution is 1.00. The van der Waals surface area contributed by atoms with Crippen LogP contribution in [0.2, 0.25) is 0 Å². The van der Waals surface area contributed by atoms with Crippen LogP contribution in [-0.4, -0.2) is 22.3 Å². The van der Waals surface area contributed by atoms with E-state index in [0.29, 0.717) is 4.99 Å². The number of pyridine rings is 1. The van der Waals surface area contributed by atoms with Crippen molar-refractivity contribution in [3.05, 3.63) is 53.9 Å². The molecule has 0 fully saturated rings. The van der Waals surface area contributed by atoms with Crippen molar-refractivity contribution in [1.82, 2.24) is 4.98 Å². The van der Waals surface area contributed by atoms with Crippen LogP contribution >= 0.6 is 24.0 Å². The fourth-order valence-corrected chi connectivity index (χ4v) is 3.23. The number of hydrogen-bond acceptors (Lipinski definition) is 4. The van der Waals surface area contributed by atoms with E-state index in [0.717, 1.165) is 34.9 Å². The van der Waals surface area contributed by atoms with E-state index >= 15 is 0 Å². The highest BCUT2D eigenvalue weighted by molar-refractivity contribution is 7.99. The Labute approximate surface area is 135 Å². The Morgan fingerprint density at radius 1 is 1.33 bits per heavy atom. The molecule has 110 valence electrons. The summed E-state index contributed by atoms with van der Waals surface area (Å²) in [6.45, 7) is 2.94. The normalized spacial score (nSPS) is 10.3. The first kappa shape index (κ1) is 15.8. The van der Waals surface area contributed by atoms with E-state index in [1.54, 1.807) is 18.0 Å². The van der Waals surface area contributed by atoms with E-state index in [9.17, 15) is 0 Å². The molecule has 0 aliphatic heterocycles. The number of aromatic nitrogens is 1. The third-order valence-electron chi connectivity index (χ3n) is 3.02. The van der Waals surface area contributed by atoms with Crippen LogP contribution in [0.4, 0.5) is 5.69 Å². The van der Waals surface area contributed by atoms with Crippen LogP contribution in [0.5, 0.6) is 0 Å². The van der Waals surface area contributed by atoms with Gasteiger partial charge in [0, 0.05) is 35.1 Å². The molecule has 3 N–H and O–H groups in total. The molecule has 0 saturated heterocycles. The zero-order valence-electron chi connectivity index (χ0n) is 12.0. The molecule has 0 spiro atoms. The highest BCUT2D eigenvalue weighted by atomic mass is 32.2. The van der Waals surface area contributed by atoms with Gasteiger partial charge in [0.15, 0.2) is 0 Å². The van der Waals surface area contributed by atoms with Gasteiger partial charge in [-0.05, 0) is 35.9 Å². The van der Waals surface area contributed by atoms with Gasteiger partial charge in [-0.1, -0.05) is 31.3 Å². The van der Waals surface area contributed by atoms with Gasteiger partial charge in [-0.3, -0.25) is 4.98 Å². The fourth-order valence-electron chi connectivity index (χ4n) is 2.10. The largest absolute Gasteiger partial charge is 0.389 e. The Hall–Kier alpha value is -1.59. The predicted octanol–water partition coefficient (Wildman–Crippen LogP) is 3.48. The topological polar surface area (TPSA) is 50.9 Å². The summed E-state index contributed by atoms with van der Waals surface area (Å²) in [5.41, 5.74) is 9.06. The molecule has 0 unspecified atom stereocenters. The fraction of sp³-hybridized carbons (Fsp3) is 0.250. The first-order chi connectivity index (χ1) is 10.2. The molecule has 1 aromatic carbocycles. The third kappa shape index (κ3) is 4.44. The van der Waals surface area contributed by atoms with Gasteiger partial charge in [-0.15, -0.1) is 11.8 Å². The Morgan fingerprint density at radius 2 is 2.19 bits per heavy atom. The van der Waals surface area contributed by atoms with Crippen LogP contribution in [0, 0.1) is 0 Å². The van der Waals surface area contributed by atoms with E-state index in [4.69, 9.17) is 18.0 Å². The Kier molecular flexibility index (Phi) is 6.02. The van der Waals surface area contributed by atoms with Gasteiger partial charge in [-0.2, -0.15) is 0 Å². The first-order valence-electron chi connectivity index (χ1n) is 6.90. The summed E-state index contributed by atoms with van der Waals surface area (Å²) in [5.74, 6) is 0.995. The summed E-state index contributed by atoms with van der Waals surface area (Å²) >= 11 is 6.97. The minimum atomic E-state index is 0.440. The van der Waals surface area contributed by atoms with Crippen molar-refractivity contribution in [1.29, 1.82) is 0 Å². The van der Waals surface area contributed by atoms with Crippen molar-refractivity contribution in [3.63, 3.8) is 0 Å². The molecular formula is C16H19N3S2. The molecule has 0 saturated carbocycles. The number of hydrogen-bond donors (Lipinski definition) is 2. The van der Waals surface area contributed by atoms with Crippen LogP contribution in [0.25, 0.3) is 0 Å². The van der Waals surface area contributed by atoms with Gasteiger partial charge in [0.05, 0.1) is 0 Å². The number of benzene rings is 1. The van der Waals surface area contributed by atoms with Gasteiger partial charge < -0.3 is 11.1 Å². The second-order valence-electron chi connectivity index (χ2n) is 4.51. The molecule has 5 heteroatoms. The van der Waals surface area contributed by atoms with Gasteiger partial charge in [-0.25, -0.2) is 0 Å². The smallest absolute Gasteiger partial charge is 0.107 e. The monoisotopic (exact) mass is 317 g/mol. The van der Waals surface area contributed by atoms with Crippen molar-refractivity contribution in [3.8, 4) is 0 Å². The highest BCUT2D eigenvalue weighted by Gasteiger charge is 2.10. The van der Waals surface area contributed by atoms with E-state index in [2.05, 4.69) is 29.4 Å². The second-order valence-corrected chi connectivity index (χ2v) is 6.26. The van der Waals surface area contributed by atoms with Crippen molar-refractivity contribution in [2.45, 2.75) is 18.2 Å². The minimum Gasteiger partial charge on any atom is -0.389 e. The summed E-state index contributed by atoms with van der Waals surface area (Å²) in [6, 6.07) is 10.2. The second kappa shape index (κ2) is 8.00. The molecule has 0 radical (unpaired) electrons. The maximum Gasteiger partial charge on any atom is 0.107 e. The molecule has 0 aliphatic rings. The first-order valence-corrected chi connectivity index (χ1v) is 8.30. The number of anilines is 1. The molecule has 0 atom stereocenters. The number of nitrogens with two attached hydrogens (primary N) is 1. The molecule has 1 aromatic heterocycles. The Balaban J connectivity index is 2.08. The SMILES string of the molecule is CCSc1cccc(NCCc2cccnc2)c1C(N)=S. The zero-order valence-corrected chi connectivity index (χ0v) is 13.6. The standard InChI is InChI=1S/C16H19N3S2/c1-2-21-14-7-3-6-13(15(14)16(17)20)19-10-8-12-5-4-9-18-11-12/h3-7,9,11,19H,2,8,10H2,1H3,(H2,17,20). The Morgan fingerprint density at radius 3 is 2.86 bits per heavy atom. The summed E-state index contributed by atoms with van der Waals surface area (Å²) in [4.78, 5) is 5.70. The molecule has 3 nitrogen and oxygen atoms in total. The highest BCUT2D eigenvalue weighted by Crippen LogP contribution is 2.28. The number of rotatable bonds is 7. The lowest BCUT2D eigenvalue weighted by Crippen LogP contribution is -2.15. The van der Waals surface area contributed by atoms with E-state index in [1.165, 1.54) is 5.56 Å². The summed E-state index contributed by atoms with van der Waals surface area (Å²) < 4.78 is 0. The van der Waals surface area contributed by atoms with E-state index in [-0.39, 0.29) is 0 Å². The van der Waals surface area contributed by atoms with Crippen molar-refractivity contribution < 1.29 is 0 Å². The van der Waals surface area contributed by atoms with Crippen LogP contribution in [0.1, 0.15) is 18.1 Å². The summed E-state index contributed by atoms with van der Waals surface area (Å²) in [7, 11) is 0. The molecular weight excluding hydrogens is 298 g/mol. The number of nitrogens with zero attached hydrogens (tertiary/aromatic N) is 1. The third-order valence-corrected chi connectivity index (χ3v) is 4.17. The van der Waals surface area contributed by atoms with Gasteiger partial charge in [0.1, 0.15) is 4.99 Å². The van der Waals surface area contributed by atoms with E-state index in [1.807, 2.05) is 24.4 Å². The zero-order chi connectivity index (χ0) is 15.1. The Bertz CT molecular complexity index is 600.